The minimum atomic E-state index is -2.89. The number of hydrogen-bond donors (Lipinski definition) is 0. The summed E-state index contributed by atoms with van der Waals surface area (Å²) in [5.74, 6) is 0.558. The zero-order chi connectivity index (χ0) is 18.5. The van der Waals surface area contributed by atoms with Crippen LogP contribution in [0.2, 0.25) is 0 Å². The van der Waals surface area contributed by atoms with Crippen LogP contribution in [0.3, 0.4) is 0 Å². The summed E-state index contributed by atoms with van der Waals surface area (Å²) in [6.07, 6.45) is 2.92. The van der Waals surface area contributed by atoms with Gasteiger partial charge in [-0.1, -0.05) is 23.9 Å². The number of para-hydroxylation sites is 1. The quantitative estimate of drug-likeness (QED) is 0.740. The van der Waals surface area contributed by atoms with Crippen LogP contribution in [0.25, 0.3) is 6.08 Å². The number of pyridine rings is 1. The summed E-state index contributed by atoms with van der Waals surface area (Å²) >= 11 is 1.78. The van der Waals surface area contributed by atoms with E-state index in [1.54, 1.807) is 11.8 Å². The standard InChI is InChI=1S/C20H23N2O2S2/c1-14-10-16(11-15(2)22(14)17-8-9-26(23,24)13-17)12-20-21(3)18-6-4-5-7-19(18)25-20/h4-7,10-12,17H,8-9,13H2,1-3H3/q+1. The highest BCUT2D eigenvalue weighted by Crippen LogP contribution is 2.45. The number of thioether (sulfide) groups is 1. The molecule has 0 N–H and O–H groups in total. The first-order valence-corrected chi connectivity index (χ1v) is 11.4. The number of aromatic nitrogens is 1. The summed E-state index contributed by atoms with van der Waals surface area (Å²) in [7, 11) is -0.792. The van der Waals surface area contributed by atoms with Crippen LogP contribution in [0, 0.1) is 13.8 Å². The SMILES string of the molecule is Cc1cc(/C=C2\Sc3ccccc3N2C)cc(C)[n+]1C1CCS(=O)(=O)C1. The van der Waals surface area contributed by atoms with Crippen molar-refractivity contribution in [3.63, 3.8) is 0 Å². The van der Waals surface area contributed by atoms with E-state index in [1.165, 1.54) is 15.6 Å². The van der Waals surface area contributed by atoms with Gasteiger partial charge in [0.2, 0.25) is 0 Å². The van der Waals surface area contributed by atoms with Crippen LogP contribution in [0.5, 0.6) is 0 Å². The van der Waals surface area contributed by atoms with Gasteiger partial charge in [0.1, 0.15) is 5.75 Å². The van der Waals surface area contributed by atoms with E-state index in [4.69, 9.17) is 0 Å². The summed E-state index contributed by atoms with van der Waals surface area (Å²) < 4.78 is 25.9. The van der Waals surface area contributed by atoms with Gasteiger partial charge in [0.25, 0.3) is 0 Å². The van der Waals surface area contributed by atoms with Gasteiger partial charge in [-0.3, -0.25) is 0 Å². The van der Waals surface area contributed by atoms with E-state index in [0.29, 0.717) is 12.2 Å². The highest BCUT2D eigenvalue weighted by molar-refractivity contribution is 8.03. The highest BCUT2D eigenvalue weighted by Gasteiger charge is 2.36. The van der Waals surface area contributed by atoms with Crippen LogP contribution in [-0.2, 0) is 9.84 Å². The first kappa shape index (κ1) is 17.6. The van der Waals surface area contributed by atoms with E-state index in [-0.39, 0.29) is 11.8 Å². The Kier molecular flexibility index (Phi) is 4.35. The van der Waals surface area contributed by atoms with Gasteiger partial charge in [-0.15, -0.1) is 0 Å². The Labute approximate surface area is 159 Å². The van der Waals surface area contributed by atoms with E-state index >= 15 is 0 Å². The lowest BCUT2D eigenvalue weighted by Gasteiger charge is -2.14. The third kappa shape index (κ3) is 3.16. The molecule has 6 heteroatoms. The predicted octanol–water partition coefficient (Wildman–Crippen LogP) is 3.49. The van der Waals surface area contributed by atoms with E-state index in [9.17, 15) is 8.42 Å². The molecule has 2 aromatic rings. The van der Waals surface area contributed by atoms with Crippen molar-refractivity contribution in [1.82, 2.24) is 0 Å². The van der Waals surface area contributed by atoms with Crippen molar-refractivity contribution in [1.29, 1.82) is 0 Å². The van der Waals surface area contributed by atoms with Crippen molar-refractivity contribution in [2.75, 3.05) is 23.5 Å². The molecule has 1 aromatic heterocycles. The van der Waals surface area contributed by atoms with Crippen molar-refractivity contribution < 1.29 is 13.0 Å². The fraction of sp³-hybridized carbons (Fsp3) is 0.350. The van der Waals surface area contributed by atoms with Crippen molar-refractivity contribution >= 4 is 33.4 Å². The fourth-order valence-corrected chi connectivity index (χ4v) is 6.78. The largest absolute Gasteiger partial charge is 0.338 e. The normalized spacial score (nSPS) is 22.8. The zero-order valence-corrected chi connectivity index (χ0v) is 16.9. The number of benzene rings is 1. The van der Waals surface area contributed by atoms with Crippen LogP contribution < -0.4 is 9.47 Å². The van der Waals surface area contributed by atoms with Gasteiger partial charge in [0, 0.05) is 44.3 Å². The molecule has 26 heavy (non-hydrogen) atoms. The van der Waals surface area contributed by atoms with Gasteiger partial charge in [-0.25, -0.2) is 8.42 Å². The smallest absolute Gasteiger partial charge is 0.179 e. The molecule has 2 aliphatic heterocycles. The molecule has 0 amide bonds. The third-order valence-corrected chi connectivity index (χ3v) is 8.06. The van der Waals surface area contributed by atoms with Crippen molar-refractivity contribution in [2.24, 2.45) is 0 Å². The highest BCUT2D eigenvalue weighted by atomic mass is 32.2. The lowest BCUT2D eigenvalue weighted by Crippen LogP contribution is -2.45. The molecule has 3 heterocycles. The molecule has 1 atom stereocenters. The third-order valence-electron chi connectivity index (χ3n) is 5.15. The van der Waals surface area contributed by atoms with E-state index in [0.717, 1.165) is 17.0 Å². The second-order valence-electron chi connectivity index (χ2n) is 7.11. The van der Waals surface area contributed by atoms with Gasteiger partial charge < -0.3 is 4.90 Å². The molecule has 0 bridgehead atoms. The van der Waals surface area contributed by atoms with Crippen molar-refractivity contribution in [2.45, 2.75) is 31.2 Å². The molecule has 136 valence electrons. The molecule has 0 radical (unpaired) electrons. The Morgan fingerprint density at radius 2 is 1.88 bits per heavy atom. The molecule has 1 aromatic carbocycles. The molecule has 1 saturated heterocycles. The molecular formula is C20H23N2O2S2+. The maximum absolute atomic E-state index is 11.8. The van der Waals surface area contributed by atoms with E-state index in [2.05, 4.69) is 72.8 Å². The summed E-state index contributed by atoms with van der Waals surface area (Å²) in [5.41, 5.74) is 4.61. The Morgan fingerprint density at radius 1 is 1.19 bits per heavy atom. The first-order valence-electron chi connectivity index (χ1n) is 8.79. The number of anilines is 1. The van der Waals surface area contributed by atoms with Gasteiger partial charge in [0.15, 0.2) is 27.3 Å². The van der Waals surface area contributed by atoms with Gasteiger partial charge in [-0.05, 0) is 23.8 Å². The summed E-state index contributed by atoms with van der Waals surface area (Å²) in [5, 5.41) is 1.20. The molecule has 0 saturated carbocycles. The number of hydrogen-bond acceptors (Lipinski definition) is 4. The first-order chi connectivity index (χ1) is 12.3. The molecule has 0 aliphatic carbocycles. The predicted molar refractivity (Wildman–Crippen MR) is 107 cm³/mol. The molecular weight excluding hydrogens is 364 g/mol. The number of aryl methyl sites for hydroxylation is 2. The number of fused-ring (bicyclic) bond motifs is 1. The molecule has 1 fully saturated rings. The van der Waals surface area contributed by atoms with Crippen molar-refractivity contribution in [3.05, 3.63) is 58.4 Å². The molecule has 0 spiro atoms. The number of rotatable bonds is 2. The molecule has 2 aliphatic rings. The van der Waals surface area contributed by atoms with Crippen LogP contribution >= 0.6 is 11.8 Å². The van der Waals surface area contributed by atoms with Crippen LogP contribution in [0.1, 0.15) is 29.4 Å². The minimum absolute atomic E-state index is 0.0643. The Morgan fingerprint density at radius 3 is 2.50 bits per heavy atom. The monoisotopic (exact) mass is 387 g/mol. The molecule has 1 unspecified atom stereocenters. The summed E-state index contributed by atoms with van der Waals surface area (Å²) in [6.45, 7) is 4.14. The zero-order valence-electron chi connectivity index (χ0n) is 15.3. The lowest BCUT2D eigenvalue weighted by atomic mass is 10.1. The second-order valence-corrected chi connectivity index (χ2v) is 10.4. The number of sulfone groups is 1. The fourth-order valence-electron chi connectivity index (χ4n) is 3.97. The van der Waals surface area contributed by atoms with Crippen molar-refractivity contribution in [3.8, 4) is 0 Å². The van der Waals surface area contributed by atoms with E-state index in [1.807, 2.05) is 0 Å². The van der Waals surface area contributed by atoms with Gasteiger partial charge in [0.05, 0.1) is 16.5 Å². The van der Waals surface area contributed by atoms with E-state index < -0.39 is 9.84 Å². The maximum Gasteiger partial charge on any atom is 0.179 e. The lowest BCUT2D eigenvalue weighted by molar-refractivity contribution is -0.728. The van der Waals surface area contributed by atoms with Gasteiger partial charge >= 0.3 is 0 Å². The molecule has 4 nitrogen and oxygen atoms in total. The Bertz CT molecular complexity index is 989. The molecule has 4 rings (SSSR count). The topological polar surface area (TPSA) is 41.3 Å². The second kappa shape index (κ2) is 6.43. The summed E-state index contributed by atoms with van der Waals surface area (Å²) in [4.78, 5) is 3.49. The average molecular weight is 388 g/mol. The van der Waals surface area contributed by atoms with Crippen LogP contribution in [0.15, 0.2) is 46.3 Å². The Balaban J connectivity index is 1.66. The summed E-state index contributed by atoms with van der Waals surface area (Å²) in [6, 6.07) is 12.8. The maximum atomic E-state index is 11.8. The number of nitrogens with zero attached hydrogens (tertiary/aromatic N) is 2. The van der Waals surface area contributed by atoms with Crippen LogP contribution in [0.4, 0.5) is 5.69 Å². The minimum Gasteiger partial charge on any atom is -0.338 e. The van der Waals surface area contributed by atoms with Gasteiger partial charge in [-0.2, -0.15) is 4.57 Å². The Hall–Kier alpha value is -1.79. The van der Waals surface area contributed by atoms with Crippen LogP contribution in [-0.4, -0.2) is 27.0 Å². The average Bonchev–Trinajstić information content (AvgIpc) is 3.07.